The fourth-order valence-corrected chi connectivity index (χ4v) is 3.58. The Balaban J connectivity index is 1.87. The molecule has 1 aliphatic rings. The molecule has 1 atom stereocenters. The van der Waals surface area contributed by atoms with Gasteiger partial charge in [0.15, 0.2) is 0 Å². The Morgan fingerprint density at radius 1 is 1.45 bits per heavy atom. The van der Waals surface area contributed by atoms with Crippen LogP contribution in [0.25, 0.3) is 0 Å². The number of carbonyl (C=O) groups excluding carboxylic acids is 2. The van der Waals surface area contributed by atoms with Crippen LogP contribution in [0.3, 0.4) is 0 Å². The summed E-state index contributed by atoms with van der Waals surface area (Å²) in [6.07, 6.45) is 3.27. The zero-order valence-electron chi connectivity index (χ0n) is 12.2. The molecule has 1 saturated heterocycles. The SMILES string of the molecule is Cc1csc([C@H]2CCCN2C(=O)c2cc(C(N)=O)ccn2)n1. The number of primary amides is 1. The second-order valence-electron chi connectivity index (χ2n) is 5.28. The Hall–Kier alpha value is -2.28. The molecule has 0 saturated carbocycles. The molecule has 2 aromatic rings. The minimum absolute atomic E-state index is 0.00904. The van der Waals surface area contributed by atoms with Gasteiger partial charge in [-0.15, -0.1) is 11.3 Å². The molecule has 114 valence electrons. The highest BCUT2D eigenvalue weighted by atomic mass is 32.1. The van der Waals surface area contributed by atoms with Crippen LogP contribution < -0.4 is 5.73 Å². The van der Waals surface area contributed by atoms with Gasteiger partial charge in [0.05, 0.1) is 6.04 Å². The lowest BCUT2D eigenvalue weighted by Crippen LogP contribution is -2.31. The monoisotopic (exact) mass is 316 g/mol. The van der Waals surface area contributed by atoms with Crippen molar-refractivity contribution in [2.24, 2.45) is 5.73 Å². The van der Waals surface area contributed by atoms with E-state index >= 15 is 0 Å². The first-order chi connectivity index (χ1) is 10.6. The van der Waals surface area contributed by atoms with Crippen LogP contribution in [0, 0.1) is 6.92 Å². The van der Waals surface area contributed by atoms with Gasteiger partial charge in [0.25, 0.3) is 5.91 Å². The Morgan fingerprint density at radius 3 is 2.95 bits per heavy atom. The van der Waals surface area contributed by atoms with E-state index in [2.05, 4.69) is 9.97 Å². The molecule has 2 aromatic heterocycles. The van der Waals surface area contributed by atoms with Gasteiger partial charge in [-0.2, -0.15) is 0 Å². The summed E-state index contributed by atoms with van der Waals surface area (Å²) < 4.78 is 0. The van der Waals surface area contributed by atoms with Crippen molar-refractivity contribution in [3.05, 3.63) is 45.7 Å². The number of thiazole rings is 1. The van der Waals surface area contributed by atoms with Gasteiger partial charge in [-0.25, -0.2) is 4.98 Å². The summed E-state index contributed by atoms with van der Waals surface area (Å²) in [5.74, 6) is -0.747. The van der Waals surface area contributed by atoms with E-state index in [9.17, 15) is 9.59 Å². The van der Waals surface area contributed by atoms with Crippen molar-refractivity contribution < 1.29 is 9.59 Å². The minimum Gasteiger partial charge on any atom is -0.366 e. The molecule has 6 nitrogen and oxygen atoms in total. The number of nitrogens with two attached hydrogens (primary N) is 1. The summed E-state index contributed by atoms with van der Waals surface area (Å²) in [6.45, 7) is 2.61. The first-order valence-electron chi connectivity index (χ1n) is 7.05. The third kappa shape index (κ3) is 2.71. The van der Waals surface area contributed by atoms with Crippen LogP contribution in [0.2, 0.25) is 0 Å². The Bertz CT molecular complexity index is 728. The van der Waals surface area contributed by atoms with Gasteiger partial charge in [0, 0.05) is 29.4 Å². The van der Waals surface area contributed by atoms with Crippen molar-refractivity contribution in [2.75, 3.05) is 6.54 Å². The second kappa shape index (κ2) is 5.84. The summed E-state index contributed by atoms with van der Waals surface area (Å²) in [4.78, 5) is 34.3. The molecule has 0 aliphatic carbocycles. The maximum atomic E-state index is 12.7. The summed E-state index contributed by atoms with van der Waals surface area (Å²) in [7, 11) is 0. The molecule has 22 heavy (non-hydrogen) atoms. The number of amides is 2. The van der Waals surface area contributed by atoms with Gasteiger partial charge in [-0.1, -0.05) is 0 Å². The van der Waals surface area contributed by atoms with Gasteiger partial charge >= 0.3 is 0 Å². The van der Waals surface area contributed by atoms with E-state index in [0.29, 0.717) is 12.1 Å². The van der Waals surface area contributed by atoms with E-state index < -0.39 is 5.91 Å². The van der Waals surface area contributed by atoms with Crippen LogP contribution in [0.5, 0.6) is 0 Å². The van der Waals surface area contributed by atoms with Gasteiger partial charge < -0.3 is 10.6 Å². The molecule has 0 bridgehead atoms. The molecular weight excluding hydrogens is 300 g/mol. The lowest BCUT2D eigenvalue weighted by molar-refractivity contribution is 0.0729. The molecule has 2 N–H and O–H groups in total. The second-order valence-corrected chi connectivity index (χ2v) is 6.17. The normalized spacial score (nSPS) is 17.7. The first-order valence-corrected chi connectivity index (χ1v) is 7.93. The topological polar surface area (TPSA) is 89.2 Å². The molecule has 1 fully saturated rings. The number of carbonyl (C=O) groups is 2. The standard InChI is InChI=1S/C15H16N4O2S/c1-9-8-22-14(18-9)12-3-2-6-19(12)15(21)11-7-10(13(16)20)4-5-17-11/h4-5,7-8,12H,2-3,6H2,1H3,(H2,16,20)/t12-/m1/s1. The number of likely N-dealkylation sites (tertiary alicyclic amines) is 1. The van der Waals surface area contributed by atoms with Crippen LogP contribution in [0.15, 0.2) is 23.7 Å². The fraction of sp³-hybridized carbons (Fsp3) is 0.333. The lowest BCUT2D eigenvalue weighted by Gasteiger charge is -2.22. The van der Waals surface area contributed by atoms with Gasteiger partial charge in [0.1, 0.15) is 10.7 Å². The molecule has 0 unspecified atom stereocenters. The summed E-state index contributed by atoms with van der Waals surface area (Å²) >= 11 is 1.57. The summed E-state index contributed by atoms with van der Waals surface area (Å²) in [6, 6.07) is 2.95. The van der Waals surface area contributed by atoms with Crippen molar-refractivity contribution in [1.82, 2.24) is 14.9 Å². The van der Waals surface area contributed by atoms with Gasteiger partial charge in [0.2, 0.25) is 5.91 Å². The number of aryl methyl sites for hydroxylation is 1. The molecular formula is C15H16N4O2S. The van der Waals surface area contributed by atoms with Crippen LogP contribution in [0.4, 0.5) is 0 Å². The molecule has 3 rings (SSSR count). The van der Waals surface area contributed by atoms with Crippen LogP contribution in [-0.4, -0.2) is 33.2 Å². The minimum atomic E-state index is -0.565. The number of pyridine rings is 1. The van der Waals surface area contributed by atoms with E-state index in [1.54, 1.807) is 16.2 Å². The summed E-state index contributed by atoms with van der Waals surface area (Å²) in [5, 5.41) is 2.94. The van der Waals surface area contributed by atoms with Gasteiger partial charge in [-0.3, -0.25) is 14.6 Å². The average Bonchev–Trinajstić information content (AvgIpc) is 3.15. The van der Waals surface area contributed by atoms with E-state index in [1.165, 1.54) is 18.3 Å². The fourth-order valence-electron chi connectivity index (χ4n) is 2.64. The van der Waals surface area contributed by atoms with E-state index in [4.69, 9.17) is 5.73 Å². The third-order valence-electron chi connectivity index (χ3n) is 3.70. The van der Waals surface area contributed by atoms with E-state index in [1.807, 2.05) is 12.3 Å². The smallest absolute Gasteiger partial charge is 0.273 e. The number of nitrogens with zero attached hydrogens (tertiary/aromatic N) is 3. The van der Waals surface area contributed by atoms with Crippen molar-refractivity contribution in [2.45, 2.75) is 25.8 Å². The van der Waals surface area contributed by atoms with Crippen molar-refractivity contribution >= 4 is 23.2 Å². The van der Waals surface area contributed by atoms with Crippen LogP contribution in [-0.2, 0) is 0 Å². The largest absolute Gasteiger partial charge is 0.366 e. The predicted octanol–water partition coefficient (Wildman–Crippen LogP) is 1.92. The molecule has 0 radical (unpaired) electrons. The maximum Gasteiger partial charge on any atom is 0.273 e. The molecule has 0 aromatic carbocycles. The Morgan fingerprint density at radius 2 is 2.27 bits per heavy atom. The molecule has 1 aliphatic heterocycles. The number of aromatic nitrogens is 2. The molecule has 0 spiro atoms. The van der Waals surface area contributed by atoms with Crippen molar-refractivity contribution in [3.8, 4) is 0 Å². The lowest BCUT2D eigenvalue weighted by atomic mass is 10.2. The predicted molar refractivity (Wildman–Crippen MR) is 82.6 cm³/mol. The van der Waals surface area contributed by atoms with E-state index in [0.717, 1.165) is 23.5 Å². The molecule has 2 amide bonds. The Kier molecular flexibility index (Phi) is 3.89. The van der Waals surface area contributed by atoms with Crippen molar-refractivity contribution in [1.29, 1.82) is 0 Å². The highest BCUT2D eigenvalue weighted by Crippen LogP contribution is 2.34. The highest BCUT2D eigenvalue weighted by Gasteiger charge is 2.33. The zero-order chi connectivity index (χ0) is 15.7. The van der Waals surface area contributed by atoms with Crippen LogP contribution >= 0.6 is 11.3 Å². The maximum absolute atomic E-state index is 12.7. The molecule has 7 heteroatoms. The summed E-state index contributed by atoms with van der Waals surface area (Å²) in [5.41, 5.74) is 6.76. The number of hydrogen-bond acceptors (Lipinski definition) is 5. The quantitative estimate of drug-likeness (QED) is 0.937. The average molecular weight is 316 g/mol. The van der Waals surface area contributed by atoms with Crippen molar-refractivity contribution in [3.63, 3.8) is 0 Å². The van der Waals surface area contributed by atoms with E-state index in [-0.39, 0.29) is 17.6 Å². The number of hydrogen-bond donors (Lipinski definition) is 1. The Labute approximate surface area is 132 Å². The zero-order valence-corrected chi connectivity index (χ0v) is 13.0. The third-order valence-corrected chi connectivity index (χ3v) is 4.76. The molecule has 3 heterocycles. The van der Waals surface area contributed by atoms with Crippen LogP contribution in [0.1, 0.15) is 50.4 Å². The van der Waals surface area contributed by atoms with Gasteiger partial charge in [-0.05, 0) is 31.9 Å². The highest BCUT2D eigenvalue weighted by molar-refractivity contribution is 7.09. The number of rotatable bonds is 3. The first kappa shape index (κ1) is 14.6.